The number of piperidine rings is 1. The molecule has 1 aliphatic heterocycles. The van der Waals surface area contributed by atoms with Crippen LogP contribution in [0.5, 0.6) is 11.5 Å². The van der Waals surface area contributed by atoms with E-state index in [1.54, 1.807) is 12.0 Å². The van der Waals surface area contributed by atoms with Gasteiger partial charge in [-0.15, -0.1) is 0 Å². The van der Waals surface area contributed by atoms with Crippen LogP contribution >= 0.6 is 0 Å². The number of benzene rings is 2. The molecule has 33 heavy (non-hydrogen) atoms. The van der Waals surface area contributed by atoms with Crippen molar-refractivity contribution >= 4 is 12.0 Å². The topological polar surface area (TPSA) is 77.1 Å². The van der Waals surface area contributed by atoms with Gasteiger partial charge in [0.25, 0.3) is 0 Å². The molecule has 1 heterocycles. The van der Waals surface area contributed by atoms with Gasteiger partial charge in [-0.3, -0.25) is 4.79 Å². The van der Waals surface area contributed by atoms with Crippen LogP contribution < -0.4 is 14.8 Å². The highest BCUT2D eigenvalue weighted by Crippen LogP contribution is 2.29. The predicted octanol–water partition coefficient (Wildman–Crippen LogP) is 4.54. The van der Waals surface area contributed by atoms with Gasteiger partial charge in [0.1, 0.15) is 12.2 Å². The van der Waals surface area contributed by atoms with Gasteiger partial charge in [0.15, 0.2) is 11.5 Å². The van der Waals surface area contributed by atoms with Gasteiger partial charge in [-0.25, -0.2) is 4.79 Å². The SMILES string of the molecule is COc1cc(CNC(=O)C2CCN(C(=O)OC(C)(C)C)CC2)ccc1OCc1ccccc1. The number of methoxy groups -OCH3 is 1. The molecule has 0 saturated carbocycles. The maximum absolute atomic E-state index is 12.7. The monoisotopic (exact) mass is 454 g/mol. The third-order valence-electron chi connectivity index (χ3n) is 5.45. The van der Waals surface area contributed by atoms with Crippen LogP contribution in [-0.4, -0.2) is 42.7 Å². The van der Waals surface area contributed by atoms with Crippen LogP contribution in [0, 0.1) is 5.92 Å². The van der Waals surface area contributed by atoms with E-state index in [4.69, 9.17) is 14.2 Å². The minimum Gasteiger partial charge on any atom is -0.493 e. The highest BCUT2D eigenvalue weighted by Gasteiger charge is 2.29. The van der Waals surface area contributed by atoms with Gasteiger partial charge in [-0.2, -0.15) is 0 Å². The van der Waals surface area contributed by atoms with Crippen LogP contribution in [0.1, 0.15) is 44.7 Å². The Hall–Kier alpha value is -3.22. The smallest absolute Gasteiger partial charge is 0.410 e. The Morgan fingerprint density at radius 3 is 2.33 bits per heavy atom. The molecular weight excluding hydrogens is 420 g/mol. The summed E-state index contributed by atoms with van der Waals surface area (Å²) in [5.74, 6) is 1.18. The summed E-state index contributed by atoms with van der Waals surface area (Å²) in [6.45, 7) is 7.45. The molecule has 0 aliphatic carbocycles. The fourth-order valence-corrected chi connectivity index (χ4v) is 3.66. The van der Waals surface area contributed by atoms with E-state index in [1.807, 2.05) is 69.3 Å². The summed E-state index contributed by atoms with van der Waals surface area (Å²) in [6, 6.07) is 15.6. The Kier molecular flexibility index (Phi) is 8.20. The molecule has 0 atom stereocenters. The third-order valence-corrected chi connectivity index (χ3v) is 5.45. The first-order chi connectivity index (χ1) is 15.7. The highest BCUT2D eigenvalue weighted by atomic mass is 16.6. The van der Waals surface area contributed by atoms with Crippen LogP contribution in [0.3, 0.4) is 0 Å². The molecule has 1 saturated heterocycles. The maximum Gasteiger partial charge on any atom is 0.410 e. The van der Waals surface area contributed by atoms with Crippen molar-refractivity contribution in [2.24, 2.45) is 5.92 Å². The summed E-state index contributed by atoms with van der Waals surface area (Å²) >= 11 is 0. The average molecular weight is 455 g/mol. The van der Waals surface area contributed by atoms with E-state index in [-0.39, 0.29) is 17.9 Å². The van der Waals surface area contributed by atoms with Crippen molar-refractivity contribution in [2.75, 3.05) is 20.2 Å². The lowest BCUT2D eigenvalue weighted by atomic mass is 9.96. The molecule has 0 spiro atoms. The lowest BCUT2D eigenvalue weighted by Crippen LogP contribution is -2.44. The molecule has 7 heteroatoms. The van der Waals surface area contributed by atoms with E-state index in [9.17, 15) is 9.59 Å². The van der Waals surface area contributed by atoms with Crippen LogP contribution in [0.25, 0.3) is 0 Å². The fraction of sp³-hybridized carbons (Fsp3) is 0.462. The van der Waals surface area contributed by atoms with Gasteiger partial charge in [-0.05, 0) is 56.9 Å². The quantitative estimate of drug-likeness (QED) is 0.665. The fourth-order valence-electron chi connectivity index (χ4n) is 3.66. The first-order valence-corrected chi connectivity index (χ1v) is 11.3. The van der Waals surface area contributed by atoms with Crippen molar-refractivity contribution in [1.29, 1.82) is 0 Å². The number of hydrogen-bond acceptors (Lipinski definition) is 5. The molecule has 0 bridgehead atoms. The molecule has 2 amide bonds. The molecule has 2 aromatic carbocycles. The summed E-state index contributed by atoms with van der Waals surface area (Å²) in [7, 11) is 1.60. The van der Waals surface area contributed by atoms with Crippen LogP contribution in [0.4, 0.5) is 4.79 Å². The van der Waals surface area contributed by atoms with Crippen molar-refractivity contribution in [3.63, 3.8) is 0 Å². The van der Waals surface area contributed by atoms with Gasteiger partial charge < -0.3 is 24.4 Å². The van der Waals surface area contributed by atoms with Crippen LogP contribution in [-0.2, 0) is 22.7 Å². The number of carbonyl (C=O) groups is 2. The van der Waals surface area contributed by atoms with E-state index in [1.165, 1.54) is 0 Å². The Bertz CT molecular complexity index is 931. The van der Waals surface area contributed by atoms with Gasteiger partial charge in [0.2, 0.25) is 5.91 Å². The molecule has 0 unspecified atom stereocenters. The minimum atomic E-state index is -0.519. The largest absolute Gasteiger partial charge is 0.493 e. The molecule has 7 nitrogen and oxygen atoms in total. The summed E-state index contributed by atoms with van der Waals surface area (Å²) in [5.41, 5.74) is 1.49. The number of carbonyl (C=O) groups excluding carboxylic acids is 2. The zero-order chi connectivity index (χ0) is 23.8. The zero-order valence-corrected chi connectivity index (χ0v) is 19.9. The van der Waals surface area contributed by atoms with Crippen molar-refractivity contribution < 1.29 is 23.8 Å². The second kappa shape index (κ2) is 11.1. The first-order valence-electron chi connectivity index (χ1n) is 11.3. The summed E-state index contributed by atoms with van der Waals surface area (Å²) in [4.78, 5) is 26.5. The van der Waals surface area contributed by atoms with E-state index >= 15 is 0 Å². The second-order valence-corrected chi connectivity index (χ2v) is 9.22. The molecule has 178 valence electrons. The molecule has 1 aliphatic rings. The van der Waals surface area contributed by atoms with Crippen molar-refractivity contribution in [3.05, 3.63) is 59.7 Å². The Balaban J connectivity index is 1.47. The van der Waals surface area contributed by atoms with Gasteiger partial charge in [0.05, 0.1) is 7.11 Å². The van der Waals surface area contributed by atoms with Crippen molar-refractivity contribution in [2.45, 2.75) is 52.4 Å². The molecule has 0 radical (unpaired) electrons. The molecule has 1 N–H and O–H groups in total. The molecule has 1 fully saturated rings. The first kappa shape index (κ1) is 24.4. The van der Waals surface area contributed by atoms with Crippen LogP contribution in [0.2, 0.25) is 0 Å². The number of ether oxygens (including phenoxy) is 3. The zero-order valence-electron chi connectivity index (χ0n) is 19.9. The number of nitrogens with one attached hydrogen (secondary N) is 1. The lowest BCUT2D eigenvalue weighted by Gasteiger charge is -2.32. The summed E-state index contributed by atoms with van der Waals surface area (Å²) < 4.78 is 16.8. The summed E-state index contributed by atoms with van der Waals surface area (Å²) in [6.07, 6.45) is 0.935. The Morgan fingerprint density at radius 2 is 1.70 bits per heavy atom. The number of amides is 2. The Labute approximate surface area is 196 Å². The van der Waals surface area contributed by atoms with Crippen molar-refractivity contribution in [1.82, 2.24) is 10.2 Å². The van der Waals surface area contributed by atoms with Gasteiger partial charge in [0, 0.05) is 25.6 Å². The molecule has 2 aromatic rings. The van der Waals surface area contributed by atoms with E-state index in [0.717, 1.165) is 11.1 Å². The second-order valence-electron chi connectivity index (χ2n) is 9.22. The van der Waals surface area contributed by atoms with E-state index in [0.29, 0.717) is 50.6 Å². The van der Waals surface area contributed by atoms with Crippen LogP contribution in [0.15, 0.2) is 48.5 Å². The Morgan fingerprint density at radius 1 is 1.00 bits per heavy atom. The predicted molar refractivity (Wildman–Crippen MR) is 126 cm³/mol. The van der Waals surface area contributed by atoms with E-state index < -0.39 is 5.60 Å². The maximum atomic E-state index is 12.7. The number of hydrogen-bond donors (Lipinski definition) is 1. The molecule has 0 aromatic heterocycles. The highest BCUT2D eigenvalue weighted by molar-refractivity contribution is 5.79. The molecule has 3 rings (SSSR count). The minimum absolute atomic E-state index is 0.00205. The number of likely N-dealkylation sites (tertiary alicyclic amines) is 1. The normalized spacial score (nSPS) is 14.5. The average Bonchev–Trinajstić information content (AvgIpc) is 2.81. The van der Waals surface area contributed by atoms with Gasteiger partial charge in [-0.1, -0.05) is 36.4 Å². The standard InChI is InChI=1S/C26H34N2O5/c1-26(2,3)33-25(30)28-14-12-21(13-15-28)24(29)27-17-20-10-11-22(23(16-20)31-4)32-18-19-8-6-5-7-9-19/h5-11,16,21H,12-15,17-18H2,1-4H3,(H,27,29). The van der Waals surface area contributed by atoms with Gasteiger partial charge >= 0.3 is 6.09 Å². The molecular formula is C26H34N2O5. The van der Waals surface area contributed by atoms with Crippen molar-refractivity contribution in [3.8, 4) is 11.5 Å². The lowest BCUT2D eigenvalue weighted by molar-refractivity contribution is -0.126. The summed E-state index contributed by atoms with van der Waals surface area (Å²) in [5, 5.41) is 3.01. The number of rotatable bonds is 7. The van der Waals surface area contributed by atoms with E-state index in [2.05, 4.69) is 5.32 Å². The third kappa shape index (κ3) is 7.41. The number of nitrogens with zero attached hydrogens (tertiary/aromatic N) is 1.